The first-order valence-electron chi connectivity index (χ1n) is 9.53. The highest BCUT2D eigenvalue weighted by molar-refractivity contribution is 5.76. The predicted octanol–water partition coefficient (Wildman–Crippen LogP) is 4.02. The summed E-state index contributed by atoms with van der Waals surface area (Å²) in [6, 6.07) is 15.8. The number of carbonyl (C=O) groups is 1. The Morgan fingerprint density at radius 3 is 2.70 bits per heavy atom. The lowest BCUT2D eigenvalue weighted by Gasteiger charge is -2.16. The normalized spacial score (nSPS) is 14.3. The fourth-order valence-electron chi connectivity index (χ4n) is 2.95. The molecule has 1 atom stereocenters. The van der Waals surface area contributed by atoms with E-state index in [0.29, 0.717) is 39.3 Å². The van der Waals surface area contributed by atoms with E-state index in [2.05, 4.69) is 5.32 Å². The highest BCUT2D eigenvalue weighted by Crippen LogP contribution is 2.32. The number of fused-ring (bicyclic) bond motifs is 1. The van der Waals surface area contributed by atoms with Crippen LogP contribution in [0, 0.1) is 0 Å². The maximum atomic E-state index is 12.2. The van der Waals surface area contributed by atoms with Crippen molar-refractivity contribution >= 4 is 5.91 Å². The van der Waals surface area contributed by atoms with Crippen LogP contribution in [0.1, 0.15) is 43.4 Å². The van der Waals surface area contributed by atoms with Gasteiger partial charge < -0.3 is 19.5 Å². The summed E-state index contributed by atoms with van der Waals surface area (Å²) in [5, 5.41) is 3.04. The van der Waals surface area contributed by atoms with Gasteiger partial charge in [0.25, 0.3) is 0 Å². The molecule has 2 aromatic carbocycles. The lowest BCUT2D eigenvalue weighted by molar-refractivity contribution is -0.122. The Kier molecular flexibility index (Phi) is 7.11. The lowest BCUT2D eigenvalue weighted by Crippen LogP contribution is -2.26. The van der Waals surface area contributed by atoms with Crippen LogP contribution in [-0.2, 0) is 16.1 Å². The summed E-state index contributed by atoms with van der Waals surface area (Å²) in [5.74, 6) is 1.55. The van der Waals surface area contributed by atoms with Gasteiger partial charge in [0.1, 0.15) is 0 Å². The van der Waals surface area contributed by atoms with Gasteiger partial charge >= 0.3 is 0 Å². The van der Waals surface area contributed by atoms with Crippen molar-refractivity contribution in [2.45, 2.75) is 38.8 Å². The topological polar surface area (TPSA) is 56.8 Å². The van der Waals surface area contributed by atoms with Crippen molar-refractivity contribution in [3.05, 3.63) is 59.7 Å². The highest BCUT2D eigenvalue weighted by atomic mass is 16.5. The second-order valence-electron chi connectivity index (χ2n) is 6.69. The van der Waals surface area contributed by atoms with Crippen LogP contribution < -0.4 is 14.8 Å². The summed E-state index contributed by atoms with van der Waals surface area (Å²) >= 11 is 0. The van der Waals surface area contributed by atoms with Crippen molar-refractivity contribution in [3.8, 4) is 11.5 Å². The summed E-state index contributed by atoms with van der Waals surface area (Å²) in [5.41, 5.74) is 2.15. The second kappa shape index (κ2) is 9.97. The fraction of sp³-hybridized carbons (Fsp3) is 0.409. The molecule has 144 valence electrons. The van der Waals surface area contributed by atoms with Gasteiger partial charge in [0.2, 0.25) is 5.91 Å². The van der Waals surface area contributed by atoms with Gasteiger partial charge in [-0.3, -0.25) is 4.79 Å². The maximum Gasteiger partial charge on any atom is 0.220 e. The molecule has 1 amide bonds. The van der Waals surface area contributed by atoms with Crippen molar-refractivity contribution in [3.63, 3.8) is 0 Å². The largest absolute Gasteiger partial charge is 0.490 e. The highest BCUT2D eigenvalue weighted by Gasteiger charge is 2.15. The molecular weight excluding hydrogens is 342 g/mol. The zero-order valence-corrected chi connectivity index (χ0v) is 15.8. The van der Waals surface area contributed by atoms with Gasteiger partial charge in [-0.25, -0.2) is 0 Å². The van der Waals surface area contributed by atoms with Gasteiger partial charge in [-0.15, -0.1) is 0 Å². The molecule has 1 aliphatic rings. The molecule has 1 heterocycles. The monoisotopic (exact) mass is 369 g/mol. The smallest absolute Gasteiger partial charge is 0.220 e. The van der Waals surface area contributed by atoms with Gasteiger partial charge in [-0.1, -0.05) is 36.4 Å². The van der Waals surface area contributed by atoms with Crippen molar-refractivity contribution in [1.29, 1.82) is 0 Å². The zero-order valence-electron chi connectivity index (χ0n) is 15.8. The number of carbonyl (C=O) groups excluding carboxylic acids is 1. The molecule has 0 spiro atoms. The van der Waals surface area contributed by atoms with Gasteiger partial charge in [0.05, 0.1) is 25.9 Å². The maximum absolute atomic E-state index is 12.2. The van der Waals surface area contributed by atoms with Crippen LogP contribution in [0.5, 0.6) is 11.5 Å². The van der Waals surface area contributed by atoms with E-state index in [0.717, 1.165) is 29.0 Å². The molecule has 0 aromatic heterocycles. The molecule has 0 radical (unpaired) electrons. The van der Waals surface area contributed by atoms with E-state index < -0.39 is 0 Å². The van der Waals surface area contributed by atoms with Gasteiger partial charge in [-0.2, -0.15) is 0 Å². The van der Waals surface area contributed by atoms with Crippen LogP contribution in [0.4, 0.5) is 0 Å². The zero-order chi connectivity index (χ0) is 18.9. The first-order chi connectivity index (χ1) is 13.2. The Morgan fingerprint density at radius 2 is 1.89 bits per heavy atom. The number of nitrogens with one attached hydrogen (secondary N) is 1. The minimum absolute atomic E-state index is 0.0259. The number of ether oxygens (including phenoxy) is 3. The van der Waals surface area contributed by atoms with Crippen LogP contribution in [-0.4, -0.2) is 25.7 Å². The minimum Gasteiger partial charge on any atom is -0.490 e. The Balaban J connectivity index is 1.39. The second-order valence-corrected chi connectivity index (χ2v) is 6.69. The molecule has 0 aliphatic carbocycles. The van der Waals surface area contributed by atoms with Crippen molar-refractivity contribution in [1.82, 2.24) is 5.32 Å². The molecular formula is C22H27NO4. The molecule has 0 fully saturated rings. The molecule has 0 saturated carbocycles. The predicted molar refractivity (Wildman–Crippen MR) is 104 cm³/mol. The summed E-state index contributed by atoms with van der Waals surface area (Å²) in [6.45, 7) is 4.45. The number of benzene rings is 2. The van der Waals surface area contributed by atoms with Crippen LogP contribution in [0.15, 0.2) is 48.5 Å². The van der Waals surface area contributed by atoms with Crippen LogP contribution in [0.2, 0.25) is 0 Å². The average molecular weight is 369 g/mol. The summed E-state index contributed by atoms with van der Waals surface area (Å²) in [4.78, 5) is 12.2. The van der Waals surface area contributed by atoms with E-state index in [4.69, 9.17) is 14.2 Å². The van der Waals surface area contributed by atoms with Crippen molar-refractivity contribution < 1.29 is 19.0 Å². The number of hydrogen-bond donors (Lipinski definition) is 1. The molecule has 2 aromatic rings. The first kappa shape index (κ1) is 19.2. The molecule has 3 rings (SSSR count). The van der Waals surface area contributed by atoms with Gasteiger partial charge in [-0.05, 0) is 36.6 Å². The standard InChI is InChI=1S/C22H27NO4/c1-17(19-10-11-20-21(15-19)27-14-6-13-26-20)23-22(24)9-5-12-25-16-18-7-3-2-4-8-18/h2-4,7-8,10-11,15,17H,5-6,9,12-14,16H2,1H3,(H,23,24). The third-order valence-electron chi connectivity index (χ3n) is 4.45. The fourth-order valence-corrected chi connectivity index (χ4v) is 2.95. The molecule has 1 N–H and O–H groups in total. The van der Waals surface area contributed by atoms with Crippen LogP contribution in [0.3, 0.4) is 0 Å². The SMILES string of the molecule is CC(NC(=O)CCCOCc1ccccc1)c1ccc2c(c1)OCCCO2. The quantitative estimate of drug-likeness (QED) is 0.714. The molecule has 5 heteroatoms. The Morgan fingerprint density at radius 1 is 1.11 bits per heavy atom. The van der Waals surface area contributed by atoms with E-state index in [-0.39, 0.29) is 11.9 Å². The molecule has 5 nitrogen and oxygen atoms in total. The van der Waals surface area contributed by atoms with E-state index in [1.165, 1.54) is 0 Å². The molecule has 27 heavy (non-hydrogen) atoms. The van der Waals surface area contributed by atoms with Crippen LogP contribution >= 0.6 is 0 Å². The van der Waals surface area contributed by atoms with E-state index in [1.807, 2.05) is 55.5 Å². The van der Waals surface area contributed by atoms with E-state index in [9.17, 15) is 4.79 Å². The Hall–Kier alpha value is -2.53. The first-order valence-corrected chi connectivity index (χ1v) is 9.53. The van der Waals surface area contributed by atoms with Crippen molar-refractivity contribution in [2.24, 2.45) is 0 Å². The van der Waals surface area contributed by atoms with E-state index in [1.54, 1.807) is 0 Å². The molecule has 1 aliphatic heterocycles. The van der Waals surface area contributed by atoms with E-state index >= 15 is 0 Å². The van der Waals surface area contributed by atoms with Crippen molar-refractivity contribution in [2.75, 3.05) is 19.8 Å². The molecule has 1 unspecified atom stereocenters. The average Bonchev–Trinajstić information content (AvgIpc) is 2.93. The summed E-state index contributed by atoms with van der Waals surface area (Å²) in [7, 11) is 0. The third kappa shape index (κ3) is 6.00. The minimum atomic E-state index is -0.0834. The third-order valence-corrected chi connectivity index (χ3v) is 4.45. The Labute approximate surface area is 160 Å². The lowest BCUT2D eigenvalue weighted by atomic mass is 10.1. The molecule has 0 bridgehead atoms. The number of rotatable bonds is 8. The Bertz CT molecular complexity index is 732. The molecule has 0 saturated heterocycles. The number of hydrogen-bond acceptors (Lipinski definition) is 4. The van der Waals surface area contributed by atoms with Gasteiger partial charge in [0.15, 0.2) is 11.5 Å². The summed E-state index contributed by atoms with van der Waals surface area (Å²) in [6.07, 6.45) is 2.03. The summed E-state index contributed by atoms with van der Waals surface area (Å²) < 4.78 is 17.0. The van der Waals surface area contributed by atoms with Crippen LogP contribution in [0.25, 0.3) is 0 Å². The number of amides is 1. The van der Waals surface area contributed by atoms with Gasteiger partial charge in [0, 0.05) is 19.4 Å².